The molecular weight excluding hydrogens is 507 g/mol. The first-order valence-corrected chi connectivity index (χ1v) is 11.0. The molecule has 3 atom stereocenters. The van der Waals surface area contributed by atoms with Crippen LogP contribution < -0.4 is 14.8 Å². The number of benzene rings is 2. The minimum Gasteiger partial charge on any atom is -0.493 e. The lowest BCUT2D eigenvalue weighted by Crippen LogP contribution is -2.32. The van der Waals surface area contributed by atoms with Gasteiger partial charge in [0.1, 0.15) is 18.2 Å². The monoisotopic (exact) mass is 525 g/mol. The van der Waals surface area contributed by atoms with Gasteiger partial charge in [0.25, 0.3) is 0 Å². The Hall–Kier alpha value is -2.63. The maximum Gasteiger partial charge on any atom is 0.416 e. The quantitative estimate of drug-likeness (QED) is 0.496. The van der Waals surface area contributed by atoms with Crippen LogP contribution in [-0.2, 0) is 15.7 Å². The molecule has 2 aromatic carbocycles. The lowest BCUT2D eigenvalue weighted by Gasteiger charge is -2.20. The maximum absolute atomic E-state index is 13.2. The number of rotatable bonds is 5. The maximum atomic E-state index is 13.2. The zero-order valence-electron chi connectivity index (χ0n) is 17.4. The van der Waals surface area contributed by atoms with Crippen LogP contribution >= 0.6 is 15.9 Å². The summed E-state index contributed by atoms with van der Waals surface area (Å²) in [7, 11) is 1.51. The number of hydrogen-bond acceptors (Lipinski definition) is 7. The van der Waals surface area contributed by atoms with E-state index in [4.69, 9.17) is 18.9 Å². The van der Waals surface area contributed by atoms with Crippen molar-refractivity contribution in [3.05, 3.63) is 46.7 Å². The van der Waals surface area contributed by atoms with Gasteiger partial charge in [-0.25, -0.2) is 9.97 Å². The number of nitrogens with one attached hydrogen (secondary N) is 1. The van der Waals surface area contributed by atoms with Crippen molar-refractivity contribution >= 4 is 38.3 Å². The van der Waals surface area contributed by atoms with E-state index < -0.39 is 11.7 Å². The van der Waals surface area contributed by atoms with Crippen molar-refractivity contribution in [1.82, 2.24) is 9.97 Å². The molecule has 0 aliphatic carbocycles. The standard InChI is InChI=1S/C22H19BrF3N3O4/c1-30-17-7-14-15(8-18(17)33-19-9-32-16-2-3-31-20(16)19)27-10-28-21(14)29-13-5-11(22(24,25)26)4-12(23)6-13/h4-8,10,16,19-20H,2-3,9H2,1H3,(H,27,28,29)/t16?,19-,20?/m1/s1. The third-order valence-corrected chi connectivity index (χ3v) is 6.06. The van der Waals surface area contributed by atoms with Gasteiger partial charge in [0, 0.05) is 28.2 Å². The number of fused-ring (bicyclic) bond motifs is 2. The smallest absolute Gasteiger partial charge is 0.416 e. The zero-order valence-corrected chi connectivity index (χ0v) is 18.9. The van der Waals surface area contributed by atoms with Crippen molar-refractivity contribution in [3.8, 4) is 11.5 Å². The highest BCUT2D eigenvalue weighted by molar-refractivity contribution is 9.10. The van der Waals surface area contributed by atoms with Gasteiger partial charge in [-0.1, -0.05) is 15.9 Å². The molecule has 3 aromatic rings. The fraction of sp³-hybridized carbons (Fsp3) is 0.364. The number of aromatic nitrogens is 2. The molecule has 0 radical (unpaired) electrons. The third-order valence-electron chi connectivity index (χ3n) is 5.61. The Labute approximate surface area is 195 Å². The van der Waals surface area contributed by atoms with Gasteiger partial charge in [0.05, 0.1) is 30.9 Å². The predicted octanol–water partition coefficient (Wildman–Crippen LogP) is 5.10. The van der Waals surface area contributed by atoms with Crippen LogP contribution in [0.1, 0.15) is 12.0 Å². The van der Waals surface area contributed by atoms with Crippen molar-refractivity contribution in [3.63, 3.8) is 0 Å². The average molecular weight is 526 g/mol. The molecule has 2 saturated heterocycles. The first-order chi connectivity index (χ1) is 15.8. The van der Waals surface area contributed by atoms with E-state index in [-0.39, 0.29) is 28.5 Å². The number of alkyl halides is 3. The summed E-state index contributed by atoms with van der Waals surface area (Å²) in [5, 5.41) is 3.52. The molecule has 0 amide bonds. The minimum absolute atomic E-state index is 0.0337. The SMILES string of the molecule is COc1cc2c(Nc3cc(Br)cc(C(F)(F)F)c3)ncnc2cc1O[C@@H]1COC2CCOC21. The van der Waals surface area contributed by atoms with E-state index >= 15 is 0 Å². The molecule has 2 aliphatic heterocycles. The van der Waals surface area contributed by atoms with E-state index in [2.05, 4.69) is 31.2 Å². The highest BCUT2D eigenvalue weighted by Crippen LogP contribution is 2.39. The summed E-state index contributed by atoms with van der Waals surface area (Å²) in [4.78, 5) is 8.52. The Morgan fingerprint density at radius 1 is 1.09 bits per heavy atom. The normalized spacial score (nSPS) is 22.4. The van der Waals surface area contributed by atoms with E-state index in [1.807, 2.05) is 0 Å². The third kappa shape index (κ3) is 4.44. The Kier molecular flexibility index (Phi) is 5.79. The second-order valence-corrected chi connectivity index (χ2v) is 8.66. The van der Waals surface area contributed by atoms with Crippen molar-refractivity contribution in [2.75, 3.05) is 25.6 Å². The Morgan fingerprint density at radius 3 is 2.73 bits per heavy atom. The molecule has 3 heterocycles. The summed E-state index contributed by atoms with van der Waals surface area (Å²) in [5.41, 5.74) is -0.0158. The molecule has 2 fully saturated rings. The Morgan fingerprint density at radius 2 is 1.94 bits per heavy atom. The molecule has 0 bridgehead atoms. The lowest BCUT2D eigenvalue weighted by atomic mass is 10.1. The van der Waals surface area contributed by atoms with E-state index in [1.54, 1.807) is 12.1 Å². The van der Waals surface area contributed by atoms with Crippen LogP contribution in [-0.4, -0.2) is 48.6 Å². The van der Waals surface area contributed by atoms with Crippen LogP contribution in [0, 0.1) is 0 Å². The molecule has 7 nitrogen and oxygen atoms in total. The first kappa shape index (κ1) is 22.2. The summed E-state index contributed by atoms with van der Waals surface area (Å²) in [6, 6.07) is 6.98. The highest BCUT2D eigenvalue weighted by Gasteiger charge is 2.43. The summed E-state index contributed by atoms with van der Waals surface area (Å²) in [5.74, 6) is 1.24. The summed E-state index contributed by atoms with van der Waals surface area (Å²) in [6.07, 6.45) is -2.68. The van der Waals surface area contributed by atoms with Gasteiger partial charge in [-0.15, -0.1) is 0 Å². The number of halogens is 4. The van der Waals surface area contributed by atoms with Crippen LogP contribution in [0.5, 0.6) is 11.5 Å². The fourth-order valence-electron chi connectivity index (χ4n) is 4.07. The summed E-state index contributed by atoms with van der Waals surface area (Å²) >= 11 is 3.13. The van der Waals surface area contributed by atoms with Gasteiger partial charge in [-0.3, -0.25) is 0 Å². The number of ether oxygens (including phenoxy) is 4. The molecule has 11 heteroatoms. The first-order valence-electron chi connectivity index (χ1n) is 10.2. The molecule has 0 spiro atoms. The van der Waals surface area contributed by atoms with Gasteiger partial charge in [0.2, 0.25) is 0 Å². The van der Waals surface area contributed by atoms with Crippen molar-refractivity contribution < 1.29 is 32.1 Å². The van der Waals surface area contributed by atoms with Crippen LogP contribution in [0.2, 0.25) is 0 Å². The topological polar surface area (TPSA) is 74.7 Å². The molecule has 0 saturated carbocycles. The second-order valence-electron chi connectivity index (χ2n) is 7.75. The molecule has 1 aromatic heterocycles. The van der Waals surface area contributed by atoms with Crippen molar-refractivity contribution in [2.45, 2.75) is 30.9 Å². The molecule has 2 aliphatic rings. The largest absolute Gasteiger partial charge is 0.493 e. The van der Waals surface area contributed by atoms with Crippen molar-refractivity contribution in [2.24, 2.45) is 0 Å². The summed E-state index contributed by atoms with van der Waals surface area (Å²) < 4.78 is 63.1. The molecule has 5 rings (SSSR count). The Balaban J connectivity index is 1.47. The van der Waals surface area contributed by atoms with Gasteiger partial charge in [-0.2, -0.15) is 13.2 Å². The predicted molar refractivity (Wildman–Crippen MR) is 117 cm³/mol. The van der Waals surface area contributed by atoms with Crippen LogP contribution in [0.3, 0.4) is 0 Å². The zero-order chi connectivity index (χ0) is 23.2. The van der Waals surface area contributed by atoms with Crippen LogP contribution in [0.15, 0.2) is 41.1 Å². The highest BCUT2D eigenvalue weighted by atomic mass is 79.9. The van der Waals surface area contributed by atoms with E-state index in [0.29, 0.717) is 41.4 Å². The Bertz CT molecular complexity index is 1190. The van der Waals surface area contributed by atoms with Gasteiger partial charge < -0.3 is 24.3 Å². The van der Waals surface area contributed by atoms with Crippen LogP contribution in [0.4, 0.5) is 24.7 Å². The summed E-state index contributed by atoms with van der Waals surface area (Å²) in [6.45, 7) is 1.05. The van der Waals surface area contributed by atoms with Gasteiger partial charge >= 0.3 is 6.18 Å². The lowest BCUT2D eigenvalue weighted by molar-refractivity contribution is -0.137. The molecule has 2 unspecified atom stereocenters. The number of anilines is 2. The molecule has 1 N–H and O–H groups in total. The van der Waals surface area contributed by atoms with E-state index in [9.17, 15) is 13.2 Å². The van der Waals surface area contributed by atoms with Crippen molar-refractivity contribution in [1.29, 1.82) is 0 Å². The van der Waals surface area contributed by atoms with Gasteiger partial charge in [0.15, 0.2) is 17.6 Å². The number of nitrogens with zero attached hydrogens (tertiary/aromatic N) is 2. The van der Waals surface area contributed by atoms with E-state index in [0.717, 1.165) is 18.6 Å². The molecule has 33 heavy (non-hydrogen) atoms. The molecular formula is C22H19BrF3N3O4. The van der Waals surface area contributed by atoms with E-state index in [1.165, 1.54) is 19.5 Å². The fourth-order valence-corrected chi connectivity index (χ4v) is 4.56. The molecule has 174 valence electrons. The average Bonchev–Trinajstić information content (AvgIpc) is 3.38. The van der Waals surface area contributed by atoms with Gasteiger partial charge in [-0.05, 0) is 30.7 Å². The minimum atomic E-state index is -4.48. The van der Waals surface area contributed by atoms with Crippen LogP contribution in [0.25, 0.3) is 10.9 Å². The number of methoxy groups -OCH3 is 1. The number of hydrogen-bond donors (Lipinski definition) is 1. The second kappa shape index (κ2) is 8.62.